The Hall–Kier alpha value is -4.24. The summed E-state index contributed by atoms with van der Waals surface area (Å²) in [6, 6.07) is 21.7. The molecule has 8 nitrogen and oxygen atoms in total. The number of carbonyl (C=O) groups excluding carboxylic acids is 1. The summed E-state index contributed by atoms with van der Waals surface area (Å²) in [7, 11) is -4.32. The van der Waals surface area contributed by atoms with Gasteiger partial charge < -0.3 is 20.6 Å². The number of phenolic OH excluding ortho intramolecular Hbond substituents is 3. The maximum Gasteiger partial charge on any atom is 0.268 e. The highest BCUT2D eigenvalue weighted by molar-refractivity contribution is 7.93. The van der Waals surface area contributed by atoms with Gasteiger partial charge in [0.05, 0.1) is 5.69 Å². The Morgan fingerprint density at radius 3 is 2.24 bits per heavy atom. The normalized spacial score (nSPS) is 11.6. The van der Waals surface area contributed by atoms with Crippen LogP contribution in [0.3, 0.4) is 0 Å². The van der Waals surface area contributed by atoms with E-state index in [4.69, 9.17) is 0 Å². The number of fused-ring (bicyclic) bond motifs is 1. The zero-order valence-corrected chi connectivity index (χ0v) is 24.3. The van der Waals surface area contributed by atoms with Crippen LogP contribution in [-0.4, -0.2) is 42.7 Å². The highest BCUT2D eigenvalue weighted by Gasteiger charge is 2.32. The van der Waals surface area contributed by atoms with Crippen molar-refractivity contribution in [2.45, 2.75) is 50.8 Å². The molecule has 0 aliphatic carbocycles. The highest BCUT2D eigenvalue weighted by atomic mass is 32.2. The number of rotatable bonds is 11. The lowest BCUT2D eigenvalue weighted by Crippen LogP contribution is -2.32. The molecule has 4 aromatic carbocycles. The van der Waals surface area contributed by atoms with E-state index in [2.05, 4.69) is 17.4 Å². The number of nitrogens with zero attached hydrogens (tertiary/aromatic N) is 1. The van der Waals surface area contributed by atoms with E-state index in [-0.39, 0.29) is 23.9 Å². The largest absolute Gasteiger partial charge is 0.504 e. The van der Waals surface area contributed by atoms with Gasteiger partial charge in [-0.25, -0.2) is 8.42 Å². The van der Waals surface area contributed by atoms with E-state index < -0.39 is 32.2 Å². The molecule has 41 heavy (non-hydrogen) atoms. The van der Waals surface area contributed by atoms with Crippen LogP contribution in [0.15, 0.2) is 77.7 Å². The van der Waals surface area contributed by atoms with Crippen molar-refractivity contribution in [1.29, 1.82) is 0 Å². The van der Waals surface area contributed by atoms with Gasteiger partial charge in [-0.05, 0) is 71.8 Å². The minimum absolute atomic E-state index is 0.120. The van der Waals surface area contributed by atoms with Gasteiger partial charge in [-0.15, -0.1) is 0 Å². The second-order valence-electron chi connectivity index (χ2n) is 10.3. The van der Waals surface area contributed by atoms with Crippen LogP contribution in [0.25, 0.3) is 10.8 Å². The van der Waals surface area contributed by atoms with Crippen molar-refractivity contribution in [1.82, 2.24) is 5.32 Å². The number of phenols is 3. The zero-order chi connectivity index (χ0) is 29.7. The van der Waals surface area contributed by atoms with Crippen LogP contribution in [0.1, 0.15) is 61.0 Å². The predicted octanol–water partition coefficient (Wildman–Crippen LogP) is 6.05. The standard InChI is InChI=1S/C32H36N2O6S/c1-4-17-34(41(39,40)28-20-27(21(2)3)29(35)31(37)30(28)36)26-15-14-23-18-25(13-12-24(23)19-26)32(38)33-16-8-11-22-9-6-5-7-10-22/h5-7,9-10,12-15,18-21,35-37H,4,8,11,16-17H2,1-3H3,(H,33,38). The zero-order valence-electron chi connectivity index (χ0n) is 23.5. The summed E-state index contributed by atoms with van der Waals surface area (Å²) in [5.41, 5.74) is 2.31. The van der Waals surface area contributed by atoms with Gasteiger partial charge >= 0.3 is 0 Å². The third-order valence-corrected chi connectivity index (χ3v) is 8.84. The first kappa shape index (κ1) is 29.7. The fourth-order valence-electron chi connectivity index (χ4n) is 4.76. The molecule has 0 spiro atoms. The molecular formula is C32H36N2O6S. The highest BCUT2D eigenvalue weighted by Crippen LogP contribution is 2.46. The quantitative estimate of drug-likeness (QED) is 0.127. The van der Waals surface area contributed by atoms with E-state index in [1.807, 2.05) is 25.1 Å². The minimum atomic E-state index is -4.32. The average Bonchev–Trinajstić information content (AvgIpc) is 2.96. The smallest absolute Gasteiger partial charge is 0.268 e. The first-order valence-electron chi connectivity index (χ1n) is 13.7. The van der Waals surface area contributed by atoms with Crippen LogP contribution in [0, 0.1) is 0 Å². The molecule has 0 heterocycles. The molecule has 0 bridgehead atoms. The number of benzene rings is 4. The lowest BCUT2D eigenvalue weighted by molar-refractivity contribution is 0.0953. The molecule has 0 saturated carbocycles. The summed E-state index contributed by atoms with van der Waals surface area (Å²) in [6.07, 6.45) is 2.18. The molecule has 0 atom stereocenters. The molecule has 4 rings (SSSR count). The summed E-state index contributed by atoms with van der Waals surface area (Å²) in [6.45, 7) is 5.99. The van der Waals surface area contributed by atoms with Crippen molar-refractivity contribution >= 4 is 32.4 Å². The van der Waals surface area contributed by atoms with Gasteiger partial charge in [0.1, 0.15) is 4.90 Å². The fourth-order valence-corrected chi connectivity index (χ4v) is 6.43. The molecule has 0 radical (unpaired) electrons. The topological polar surface area (TPSA) is 127 Å². The lowest BCUT2D eigenvalue weighted by Gasteiger charge is -2.26. The molecule has 1 amide bonds. The molecule has 9 heteroatoms. The van der Waals surface area contributed by atoms with Crippen molar-refractivity contribution in [2.75, 3.05) is 17.4 Å². The molecule has 4 aromatic rings. The Balaban J connectivity index is 1.57. The first-order valence-corrected chi connectivity index (χ1v) is 15.1. The molecule has 0 unspecified atom stereocenters. The second kappa shape index (κ2) is 12.5. The molecule has 0 saturated heterocycles. The van der Waals surface area contributed by atoms with E-state index >= 15 is 0 Å². The van der Waals surface area contributed by atoms with Crippen LogP contribution in [-0.2, 0) is 16.4 Å². The van der Waals surface area contributed by atoms with Crippen molar-refractivity contribution in [3.63, 3.8) is 0 Å². The first-order chi connectivity index (χ1) is 19.5. The van der Waals surface area contributed by atoms with E-state index in [0.29, 0.717) is 24.2 Å². The van der Waals surface area contributed by atoms with Gasteiger partial charge in [-0.2, -0.15) is 0 Å². The van der Waals surface area contributed by atoms with Crippen LogP contribution in [0.5, 0.6) is 17.2 Å². The maximum atomic E-state index is 13.8. The second-order valence-corrected chi connectivity index (χ2v) is 12.2. The molecular weight excluding hydrogens is 540 g/mol. The Morgan fingerprint density at radius 2 is 1.56 bits per heavy atom. The molecule has 0 aliphatic heterocycles. The Bertz CT molecular complexity index is 1650. The summed E-state index contributed by atoms with van der Waals surface area (Å²) in [5, 5.41) is 35.5. The predicted molar refractivity (Wildman–Crippen MR) is 161 cm³/mol. The Morgan fingerprint density at radius 1 is 0.878 bits per heavy atom. The molecule has 0 aromatic heterocycles. The van der Waals surface area contributed by atoms with Gasteiger partial charge in [0, 0.05) is 24.2 Å². The SMILES string of the molecule is CCCN(c1ccc2cc(C(=O)NCCCc3ccccc3)ccc2c1)S(=O)(=O)c1cc(C(C)C)c(O)c(O)c1O. The molecule has 216 valence electrons. The van der Waals surface area contributed by atoms with Crippen LogP contribution >= 0.6 is 0 Å². The van der Waals surface area contributed by atoms with Gasteiger partial charge in [0.25, 0.3) is 15.9 Å². The van der Waals surface area contributed by atoms with Crippen molar-refractivity contribution in [3.05, 3.63) is 89.5 Å². The summed E-state index contributed by atoms with van der Waals surface area (Å²) in [5.74, 6) is -2.78. The molecule has 0 aliphatic rings. The third kappa shape index (κ3) is 6.41. The average molecular weight is 577 g/mol. The fraction of sp³-hybridized carbons (Fsp3) is 0.281. The third-order valence-electron chi connectivity index (χ3n) is 7.00. The number of aryl methyl sites for hydroxylation is 1. The van der Waals surface area contributed by atoms with E-state index in [0.717, 1.165) is 23.6 Å². The summed E-state index contributed by atoms with van der Waals surface area (Å²) >= 11 is 0. The number of anilines is 1. The number of nitrogens with one attached hydrogen (secondary N) is 1. The van der Waals surface area contributed by atoms with E-state index in [9.17, 15) is 28.5 Å². The number of hydrogen-bond acceptors (Lipinski definition) is 6. The van der Waals surface area contributed by atoms with Gasteiger partial charge in [0.15, 0.2) is 11.5 Å². The molecule has 4 N–H and O–H groups in total. The summed E-state index contributed by atoms with van der Waals surface area (Å²) in [4.78, 5) is 12.3. The maximum absolute atomic E-state index is 13.8. The van der Waals surface area contributed by atoms with E-state index in [1.54, 1.807) is 50.2 Å². The van der Waals surface area contributed by atoms with Crippen molar-refractivity contribution < 1.29 is 28.5 Å². The molecule has 0 fully saturated rings. The number of sulfonamides is 1. The number of aromatic hydroxyl groups is 3. The Kier molecular flexibility index (Phi) is 9.08. The number of carbonyl (C=O) groups is 1. The Labute approximate surface area is 240 Å². The van der Waals surface area contributed by atoms with Crippen molar-refractivity contribution in [2.24, 2.45) is 0 Å². The van der Waals surface area contributed by atoms with Crippen LogP contribution in [0.4, 0.5) is 5.69 Å². The lowest BCUT2D eigenvalue weighted by atomic mass is 10.0. The van der Waals surface area contributed by atoms with Gasteiger partial charge in [-0.3, -0.25) is 9.10 Å². The van der Waals surface area contributed by atoms with Crippen LogP contribution in [0.2, 0.25) is 0 Å². The van der Waals surface area contributed by atoms with E-state index in [1.165, 1.54) is 15.9 Å². The van der Waals surface area contributed by atoms with Crippen LogP contribution < -0.4 is 9.62 Å². The monoisotopic (exact) mass is 576 g/mol. The van der Waals surface area contributed by atoms with Crippen molar-refractivity contribution in [3.8, 4) is 17.2 Å². The number of hydrogen-bond donors (Lipinski definition) is 4. The van der Waals surface area contributed by atoms with Gasteiger partial charge in [0.2, 0.25) is 5.75 Å². The van der Waals surface area contributed by atoms with Gasteiger partial charge in [-0.1, -0.05) is 63.2 Å². The number of amides is 1. The minimum Gasteiger partial charge on any atom is -0.504 e. The summed E-state index contributed by atoms with van der Waals surface area (Å²) < 4.78 is 28.8.